The first-order valence-corrected chi connectivity index (χ1v) is 6.31. The second kappa shape index (κ2) is 7.41. The van der Waals surface area contributed by atoms with E-state index in [1.54, 1.807) is 19.1 Å². The highest BCUT2D eigenvalue weighted by Crippen LogP contribution is 2.15. The molecule has 1 unspecified atom stereocenters. The van der Waals surface area contributed by atoms with Crippen molar-refractivity contribution < 1.29 is 14.3 Å². The van der Waals surface area contributed by atoms with Gasteiger partial charge in [0.15, 0.2) is 0 Å². The van der Waals surface area contributed by atoms with Crippen LogP contribution in [0, 0.1) is 0 Å². The Hall–Kier alpha value is -2.04. The molecule has 104 valence electrons. The van der Waals surface area contributed by atoms with E-state index in [9.17, 15) is 9.59 Å². The van der Waals surface area contributed by atoms with Crippen molar-refractivity contribution in [2.75, 3.05) is 17.2 Å². The standard InChI is InChI=1S/C14H20N2O3/c1-4-19-14(18)9-10(2)15-12-5-7-13(8-6-12)16-11(3)17/h5-8,10,15H,4,9H2,1-3H3,(H,16,17). The Morgan fingerprint density at radius 3 is 2.32 bits per heavy atom. The van der Waals surface area contributed by atoms with Gasteiger partial charge in [0.05, 0.1) is 13.0 Å². The summed E-state index contributed by atoms with van der Waals surface area (Å²) in [7, 11) is 0. The van der Waals surface area contributed by atoms with Gasteiger partial charge in [0.25, 0.3) is 0 Å². The number of benzene rings is 1. The maximum absolute atomic E-state index is 11.3. The Morgan fingerprint density at radius 1 is 1.21 bits per heavy atom. The van der Waals surface area contributed by atoms with Crippen molar-refractivity contribution >= 4 is 23.3 Å². The van der Waals surface area contributed by atoms with Crippen LogP contribution in [0.5, 0.6) is 0 Å². The maximum Gasteiger partial charge on any atom is 0.307 e. The van der Waals surface area contributed by atoms with Gasteiger partial charge in [-0.2, -0.15) is 0 Å². The molecule has 19 heavy (non-hydrogen) atoms. The third-order valence-electron chi connectivity index (χ3n) is 2.40. The summed E-state index contributed by atoms with van der Waals surface area (Å²) in [5.41, 5.74) is 1.64. The van der Waals surface area contributed by atoms with Crippen LogP contribution in [0.25, 0.3) is 0 Å². The van der Waals surface area contributed by atoms with Crippen LogP contribution in [-0.4, -0.2) is 24.5 Å². The molecule has 1 amide bonds. The summed E-state index contributed by atoms with van der Waals surface area (Å²) in [5, 5.41) is 5.89. The zero-order valence-electron chi connectivity index (χ0n) is 11.5. The van der Waals surface area contributed by atoms with Crippen molar-refractivity contribution in [2.45, 2.75) is 33.2 Å². The van der Waals surface area contributed by atoms with Gasteiger partial charge >= 0.3 is 5.97 Å². The molecule has 1 atom stereocenters. The molecule has 1 aromatic carbocycles. The molecule has 0 radical (unpaired) electrons. The van der Waals surface area contributed by atoms with Crippen LogP contribution in [0.2, 0.25) is 0 Å². The van der Waals surface area contributed by atoms with Crippen molar-refractivity contribution in [3.63, 3.8) is 0 Å². The maximum atomic E-state index is 11.3. The van der Waals surface area contributed by atoms with E-state index in [4.69, 9.17) is 4.74 Å². The van der Waals surface area contributed by atoms with E-state index >= 15 is 0 Å². The van der Waals surface area contributed by atoms with Gasteiger partial charge in [-0.05, 0) is 38.1 Å². The first kappa shape index (κ1) is 15.0. The molecule has 0 aliphatic rings. The molecule has 0 heterocycles. The summed E-state index contributed by atoms with van der Waals surface area (Å²) >= 11 is 0. The molecule has 0 bridgehead atoms. The molecular formula is C14H20N2O3. The van der Waals surface area contributed by atoms with Crippen LogP contribution in [0.4, 0.5) is 11.4 Å². The number of anilines is 2. The first-order valence-electron chi connectivity index (χ1n) is 6.31. The normalized spacial score (nSPS) is 11.5. The fraction of sp³-hybridized carbons (Fsp3) is 0.429. The smallest absolute Gasteiger partial charge is 0.307 e. The molecule has 0 saturated heterocycles. The molecule has 0 fully saturated rings. The number of hydrogen-bond acceptors (Lipinski definition) is 4. The van der Waals surface area contributed by atoms with Crippen LogP contribution in [0.15, 0.2) is 24.3 Å². The largest absolute Gasteiger partial charge is 0.466 e. The van der Waals surface area contributed by atoms with Crippen LogP contribution in [0.3, 0.4) is 0 Å². The molecule has 0 saturated carbocycles. The van der Waals surface area contributed by atoms with Gasteiger partial charge in [0, 0.05) is 24.3 Å². The average molecular weight is 264 g/mol. The Kier molecular flexibility index (Phi) is 5.85. The van der Waals surface area contributed by atoms with Gasteiger partial charge in [-0.15, -0.1) is 0 Å². The molecule has 5 heteroatoms. The lowest BCUT2D eigenvalue weighted by atomic mass is 10.2. The molecule has 1 aromatic rings. The summed E-state index contributed by atoms with van der Waals surface area (Å²) in [5.74, 6) is -0.311. The molecule has 0 aromatic heterocycles. The van der Waals surface area contributed by atoms with E-state index in [1.165, 1.54) is 6.92 Å². The van der Waals surface area contributed by atoms with Crippen LogP contribution < -0.4 is 10.6 Å². The quantitative estimate of drug-likeness (QED) is 0.774. The molecule has 2 N–H and O–H groups in total. The predicted molar refractivity (Wildman–Crippen MR) is 75.1 cm³/mol. The van der Waals surface area contributed by atoms with Crippen molar-refractivity contribution in [1.29, 1.82) is 0 Å². The monoisotopic (exact) mass is 264 g/mol. The number of carbonyl (C=O) groups is 2. The minimum Gasteiger partial charge on any atom is -0.466 e. The van der Waals surface area contributed by atoms with Gasteiger partial charge in [0.2, 0.25) is 5.91 Å². The fourth-order valence-corrected chi connectivity index (χ4v) is 1.66. The number of ether oxygens (including phenoxy) is 1. The number of amides is 1. The molecule has 5 nitrogen and oxygen atoms in total. The lowest BCUT2D eigenvalue weighted by molar-refractivity contribution is -0.143. The van der Waals surface area contributed by atoms with E-state index < -0.39 is 0 Å². The summed E-state index contributed by atoms with van der Waals surface area (Å²) in [6.07, 6.45) is 0.321. The lowest BCUT2D eigenvalue weighted by Crippen LogP contribution is -2.21. The second-order valence-electron chi connectivity index (χ2n) is 4.31. The molecule has 0 spiro atoms. The lowest BCUT2D eigenvalue weighted by Gasteiger charge is -2.14. The van der Waals surface area contributed by atoms with Crippen molar-refractivity contribution in [3.05, 3.63) is 24.3 Å². The zero-order valence-corrected chi connectivity index (χ0v) is 11.5. The summed E-state index contributed by atoms with van der Waals surface area (Å²) in [6.45, 7) is 5.57. The number of carbonyl (C=O) groups excluding carboxylic acids is 2. The van der Waals surface area contributed by atoms with Crippen molar-refractivity contribution in [2.24, 2.45) is 0 Å². The highest BCUT2D eigenvalue weighted by atomic mass is 16.5. The van der Waals surface area contributed by atoms with E-state index in [2.05, 4.69) is 10.6 Å². The molecule has 1 rings (SSSR count). The van der Waals surface area contributed by atoms with Gasteiger partial charge in [-0.3, -0.25) is 9.59 Å². The Morgan fingerprint density at radius 2 is 1.79 bits per heavy atom. The topological polar surface area (TPSA) is 67.4 Å². The summed E-state index contributed by atoms with van der Waals surface area (Å²) < 4.78 is 4.89. The van der Waals surface area contributed by atoms with Gasteiger partial charge in [0.1, 0.15) is 0 Å². The Labute approximate surface area is 113 Å². The third-order valence-corrected chi connectivity index (χ3v) is 2.40. The minimum atomic E-state index is -0.211. The van der Waals surface area contributed by atoms with Gasteiger partial charge in [-0.1, -0.05) is 0 Å². The van der Waals surface area contributed by atoms with E-state index in [1.807, 2.05) is 19.1 Å². The van der Waals surface area contributed by atoms with E-state index in [0.717, 1.165) is 11.4 Å². The number of esters is 1. The number of nitrogens with one attached hydrogen (secondary N) is 2. The summed E-state index contributed by atoms with van der Waals surface area (Å²) in [4.78, 5) is 22.2. The third kappa shape index (κ3) is 5.90. The van der Waals surface area contributed by atoms with Gasteiger partial charge in [-0.25, -0.2) is 0 Å². The van der Waals surface area contributed by atoms with Crippen LogP contribution >= 0.6 is 0 Å². The molecule has 0 aliphatic carbocycles. The molecule has 0 aliphatic heterocycles. The predicted octanol–water partition coefficient (Wildman–Crippen LogP) is 2.40. The fourth-order valence-electron chi connectivity index (χ4n) is 1.66. The van der Waals surface area contributed by atoms with Crippen LogP contribution in [0.1, 0.15) is 27.2 Å². The highest BCUT2D eigenvalue weighted by molar-refractivity contribution is 5.88. The SMILES string of the molecule is CCOC(=O)CC(C)Nc1ccc(NC(C)=O)cc1. The van der Waals surface area contributed by atoms with E-state index in [-0.39, 0.29) is 17.9 Å². The second-order valence-corrected chi connectivity index (χ2v) is 4.31. The number of rotatable bonds is 6. The van der Waals surface area contributed by atoms with Gasteiger partial charge < -0.3 is 15.4 Å². The Bertz CT molecular complexity index is 429. The van der Waals surface area contributed by atoms with Crippen molar-refractivity contribution in [3.8, 4) is 0 Å². The Balaban J connectivity index is 2.48. The highest BCUT2D eigenvalue weighted by Gasteiger charge is 2.09. The zero-order chi connectivity index (χ0) is 14.3. The first-order chi connectivity index (χ1) is 9.01. The minimum absolute atomic E-state index is 0.00864. The van der Waals surface area contributed by atoms with Crippen LogP contribution in [-0.2, 0) is 14.3 Å². The van der Waals surface area contributed by atoms with Crippen molar-refractivity contribution in [1.82, 2.24) is 0 Å². The van der Waals surface area contributed by atoms with E-state index in [0.29, 0.717) is 13.0 Å². The molecular weight excluding hydrogens is 244 g/mol. The number of hydrogen-bond donors (Lipinski definition) is 2. The summed E-state index contributed by atoms with van der Waals surface area (Å²) in [6, 6.07) is 7.31. The average Bonchev–Trinajstić information content (AvgIpc) is 2.31.